The fourth-order valence-corrected chi connectivity index (χ4v) is 0.764. The Balaban J connectivity index is 3.15. The van der Waals surface area contributed by atoms with Gasteiger partial charge in [0.1, 0.15) is 5.02 Å². The number of aromatic nitrogens is 1. The average molecular weight is 193 g/mol. The van der Waals surface area contributed by atoms with Crippen molar-refractivity contribution in [2.45, 2.75) is 0 Å². The first-order chi connectivity index (χ1) is 5.11. The molecular formula is C5H2Cl2N2O2. The van der Waals surface area contributed by atoms with E-state index in [9.17, 15) is 10.1 Å². The molecule has 0 amide bonds. The zero-order chi connectivity index (χ0) is 8.43. The molecule has 0 aliphatic rings. The van der Waals surface area contributed by atoms with Gasteiger partial charge in [-0.2, -0.15) is 0 Å². The second kappa shape index (κ2) is 3.02. The Kier molecular flexibility index (Phi) is 2.26. The molecule has 58 valence electrons. The maximum Gasteiger partial charge on any atom is 0.365 e. The topological polar surface area (TPSA) is 56.0 Å². The molecule has 0 spiro atoms. The molecule has 1 aromatic rings. The number of nitrogens with zero attached hydrogens (tertiary/aromatic N) is 2. The van der Waals surface area contributed by atoms with Crippen LogP contribution in [0.2, 0.25) is 10.2 Å². The Morgan fingerprint density at radius 2 is 2.09 bits per heavy atom. The van der Waals surface area contributed by atoms with Crippen molar-refractivity contribution in [3.05, 3.63) is 32.4 Å². The highest BCUT2D eigenvalue weighted by Gasteiger charge is 2.10. The maximum absolute atomic E-state index is 10.1. The summed E-state index contributed by atoms with van der Waals surface area (Å²) < 4.78 is 0. The van der Waals surface area contributed by atoms with Crippen molar-refractivity contribution in [2.24, 2.45) is 0 Å². The third-order valence-electron chi connectivity index (χ3n) is 0.976. The van der Waals surface area contributed by atoms with E-state index in [0.29, 0.717) is 0 Å². The Morgan fingerprint density at radius 1 is 1.45 bits per heavy atom. The molecule has 0 aliphatic heterocycles. The van der Waals surface area contributed by atoms with E-state index in [4.69, 9.17) is 23.2 Å². The Hall–Kier alpha value is -0.870. The average Bonchev–Trinajstić information content (AvgIpc) is 1.94. The van der Waals surface area contributed by atoms with E-state index in [2.05, 4.69) is 4.98 Å². The predicted molar refractivity (Wildman–Crippen MR) is 40.9 cm³/mol. The first-order valence-electron chi connectivity index (χ1n) is 2.57. The van der Waals surface area contributed by atoms with Gasteiger partial charge in [-0.3, -0.25) is 0 Å². The minimum atomic E-state index is -0.637. The summed E-state index contributed by atoms with van der Waals surface area (Å²) in [5, 5.41) is 10.3. The van der Waals surface area contributed by atoms with Crippen LogP contribution in [0.5, 0.6) is 0 Å². The summed E-state index contributed by atoms with van der Waals surface area (Å²) in [5.41, 5.74) is 0. The lowest BCUT2D eigenvalue weighted by molar-refractivity contribution is -0.389. The quantitative estimate of drug-likeness (QED) is 0.390. The highest BCUT2D eigenvalue weighted by Crippen LogP contribution is 2.21. The van der Waals surface area contributed by atoms with Crippen LogP contribution in [0.1, 0.15) is 0 Å². The molecule has 0 saturated carbocycles. The maximum atomic E-state index is 10.1. The monoisotopic (exact) mass is 192 g/mol. The predicted octanol–water partition coefficient (Wildman–Crippen LogP) is 2.30. The molecular weight excluding hydrogens is 191 g/mol. The summed E-state index contributed by atoms with van der Waals surface area (Å²) in [6.07, 6.45) is 0. The lowest BCUT2D eigenvalue weighted by Crippen LogP contribution is -1.91. The zero-order valence-electron chi connectivity index (χ0n) is 5.12. The largest absolute Gasteiger partial charge is 0.365 e. The molecule has 0 unspecified atom stereocenters. The van der Waals surface area contributed by atoms with E-state index < -0.39 is 4.92 Å². The van der Waals surface area contributed by atoms with Crippen molar-refractivity contribution in [1.29, 1.82) is 0 Å². The Bertz CT molecular complexity index is 303. The van der Waals surface area contributed by atoms with Gasteiger partial charge >= 0.3 is 5.82 Å². The highest BCUT2D eigenvalue weighted by atomic mass is 35.5. The molecule has 0 N–H and O–H groups in total. The summed E-state index contributed by atoms with van der Waals surface area (Å²) >= 11 is 10.9. The van der Waals surface area contributed by atoms with Gasteiger partial charge < -0.3 is 10.1 Å². The van der Waals surface area contributed by atoms with Crippen LogP contribution in [-0.2, 0) is 0 Å². The lowest BCUT2D eigenvalue weighted by atomic mass is 10.5. The van der Waals surface area contributed by atoms with Crippen molar-refractivity contribution < 1.29 is 4.92 Å². The number of nitro groups is 1. The Labute approximate surface area is 71.9 Å². The third-order valence-corrected chi connectivity index (χ3v) is 1.67. The molecule has 0 fully saturated rings. The molecule has 6 heteroatoms. The zero-order valence-corrected chi connectivity index (χ0v) is 6.63. The van der Waals surface area contributed by atoms with Gasteiger partial charge in [0.05, 0.1) is 0 Å². The molecule has 1 aromatic heterocycles. The fourth-order valence-electron chi connectivity index (χ4n) is 0.509. The normalized spacial score (nSPS) is 9.64. The summed E-state index contributed by atoms with van der Waals surface area (Å²) in [4.78, 5) is 12.9. The number of pyridine rings is 1. The van der Waals surface area contributed by atoms with Gasteiger partial charge in [-0.15, -0.1) is 0 Å². The summed E-state index contributed by atoms with van der Waals surface area (Å²) in [5.74, 6) is -0.306. The fraction of sp³-hybridized carbons (Fsp3) is 0. The van der Waals surface area contributed by atoms with Gasteiger partial charge in [0.2, 0.25) is 0 Å². The standard InChI is InChI=1S/C5H2Cl2N2O2/c6-3-1-2-4(9(10)11)8-5(3)7/h1-2H. The van der Waals surface area contributed by atoms with Crippen molar-refractivity contribution in [2.75, 3.05) is 0 Å². The molecule has 0 radical (unpaired) electrons. The van der Waals surface area contributed by atoms with Crippen LogP contribution >= 0.6 is 23.2 Å². The van der Waals surface area contributed by atoms with Crippen molar-refractivity contribution >= 4 is 29.0 Å². The second-order valence-electron chi connectivity index (χ2n) is 1.70. The van der Waals surface area contributed by atoms with Crippen LogP contribution in [0.15, 0.2) is 12.1 Å². The van der Waals surface area contributed by atoms with Gasteiger partial charge in [0.15, 0.2) is 0 Å². The SMILES string of the molecule is O=[N+]([O-])c1ccc(Cl)c(Cl)n1. The van der Waals surface area contributed by atoms with Crippen LogP contribution in [0, 0.1) is 10.1 Å². The minimum absolute atomic E-state index is 0.0548. The van der Waals surface area contributed by atoms with Crippen molar-refractivity contribution in [3.63, 3.8) is 0 Å². The minimum Gasteiger partial charge on any atom is -0.358 e. The van der Waals surface area contributed by atoms with Crippen LogP contribution in [0.4, 0.5) is 5.82 Å². The molecule has 0 saturated heterocycles. The molecule has 1 rings (SSSR count). The number of hydrogen-bond donors (Lipinski definition) is 0. The van der Waals surface area contributed by atoms with Crippen molar-refractivity contribution in [3.8, 4) is 0 Å². The molecule has 4 nitrogen and oxygen atoms in total. The van der Waals surface area contributed by atoms with E-state index in [1.54, 1.807) is 0 Å². The second-order valence-corrected chi connectivity index (χ2v) is 2.46. The first kappa shape index (κ1) is 8.23. The molecule has 0 aliphatic carbocycles. The lowest BCUT2D eigenvalue weighted by Gasteiger charge is -1.91. The summed E-state index contributed by atoms with van der Waals surface area (Å²) in [6.45, 7) is 0. The number of halogens is 2. The van der Waals surface area contributed by atoms with Crippen LogP contribution in [0.3, 0.4) is 0 Å². The number of hydrogen-bond acceptors (Lipinski definition) is 3. The summed E-state index contributed by atoms with van der Waals surface area (Å²) in [7, 11) is 0. The molecule has 11 heavy (non-hydrogen) atoms. The van der Waals surface area contributed by atoms with Gasteiger partial charge in [-0.1, -0.05) is 11.6 Å². The van der Waals surface area contributed by atoms with Gasteiger partial charge in [0.25, 0.3) is 5.15 Å². The van der Waals surface area contributed by atoms with Gasteiger partial charge in [-0.05, 0) is 27.6 Å². The van der Waals surface area contributed by atoms with E-state index in [1.807, 2.05) is 0 Å². The Morgan fingerprint density at radius 3 is 2.55 bits per heavy atom. The number of rotatable bonds is 1. The van der Waals surface area contributed by atoms with E-state index in [1.165, 1.54) is 12.1 Å². The smallest absolute Gasteiger partial charge is 0.358 e. The molecule has 1 heterocycles. The van der Waals surface area contributed by atoms with Crippen LogP contribution in [0.25, 0.3) is 0 Å². The molecule has 0 atom stereocenters. The first-order valence-corrected chi connectivity index (χ1v) is 3.33. The molecule has 0 aromatic carbocycles. The van der Waals surface area contributed by atoms with E-state index >= 15 is 0 Å². The van der Waals surface area contributed by atoms with E-state index in [0.717, 1.165) is 0 Å². The van der Waals surface area contributed by atoms with E-state index in [-0.39, 0.29) is 16.0 Å². The van der Waals surface area contributed by atoms with Crippen LogP contribution in [-0.4, -0.2) is 9.91 Å². The van der Waals surface area contributed by atoms with Crippen molar-refractivity contribution in [1.82, 2.24) is 4.98 Å². The highest BCUT2D eigenvalue weighted by molar-refractivity contribution is 6.41. The summed E-state index contributed by atoms with van der Waals surface area (Å²) in [6, 6.07) is 2.52. The molecule has 0 bridgehead atoms. The van der Waals surface area contributed by atoms with Crippen LogP contribution < -0.4 is 0 Å². The van der Waals surface area contributed by atoms with Gasteiger partial charge in [-0.25, -0.2) is 0 Å². The van der Waals surface area contributed by atoms with Gasteiger partial charge in [0, 0.05) is 6.07 Å². The third kappa shape index (κ3) is 1.78.